The van der Waals surface area contributed by atoms with Crippen LogP contribution in [0.2, 0.25) is 0 Å². The smallest absolute Gasteiger partial charge is 0.325 e. The molecule has 1 aliphatic carbocycles. The molecule has 0 radical (unpaired) electrons. The Morgan fingerprint density at radius 3 is 1.51 bits per heavy atom. The third-order valence-corrected chi connectivity index (χ3v) is 15.5. The van der Waals surface area contributed by atoms with Gasteiger partial charge in [-0.1, -0.05) is 10.4 Å². The topological polar surface area (TPSA) is 455 Å². The van der Waals surface area contributed by atoms with Gasteiger partial charge in [0.05, 0.1) is 186 Å². The molecule has 11 N–H and O–H groups in total. The van der Waals surface area contributed by atoms with Gasteiger partial charge in [0.25, 0.3) is 0 Å². The van der Waals surface area contributed by atoms with Crippen molar-refractivity contribution < 1.29 is 148 Å². The van der Waals surface area contributed by atoms with Gasteiger partial charge in [0.2, 0.25) is 40.7 Å². The number of carbonyl (C=O) groups is 2. The number of halogens is 5. The molecule has 1 aromatic carbocycles. The quantitative estimate of drug-likeness (QED) is 0.00544. The monoisotopic (exact) mass is 1380 g/mol. The molecule has 11 atom stereocenters. The minimum absolute atomic E-state index is 0.0221. The molecule has 3 aromatic rings. The maximum Gasteiger partial charge on any atom is 0.325 e. The van der Waals surface area contributed by atoms with E-state index in [-0.39, 0.29) is 151 Å². The fourth-order valence-corrected chi connectivity index (χ4v) is 10.2. The largest absolute Gasteiger partial charge is 0.420 e. The highest BCUT2D eigenvalue weighted by atomic mass is 31.2. The van der Waals surface area contributed by atoms with E-state index in [4.69, 9.17) is 61.9 Å². The highest BCUT2D eigenvalue weighted by molar-refractivity contribution is 7.52. The lowest BCUT2D eigenvalue weighted by Gasteiger charge is -2.40. The molecule has 1 aliphatic heterocycles. The molecule has 526 valence electrons. The van der Waals surface area contributed by atoms with Crippen molar-refractivity contribution in [2.45, 2.75) is 119 Å². The van der Waals surface area contributed by atoms with Gasteiger partial charge < -0.3 is 112 Å². The Morgan fingerprint density at radius 1 is 0.543 bits per heavy atom. The molecule has 2 fully saturated rings. The summed E-state index contributed by atoms with van der Waals surface area (Å²) >= 11 is 0. The highest BCUT2D eigenvalue weighted by Gasteiger charge is 2.45. The summed E-state index contributed by atoms with van der Waals surface area (Å²) in [6.45, 7) is 2.29. The van der Waals surface area contributed by atoms with Crippen LogP contribution in [-0.2, 0) is 96.8 Å². The summed E-state index contributed by atoms with van der Waals surface area (Å²) < 4.78 is 159. The minimum atomic E-state index is -4.41. The number of aliphatic hydroxyl groups is 6. The minimum Gasteiger partial charge on any atom is -0.420 e. The number of benzene rings is 1. The first-order chi connectivity index (χ1) is 43.8. The van der Waals surface area contributed by atoms with Gasteiger partial charge in [0.1, 0.15) is 30.5 Å². The van der Waals surface area contributed by atoms with E-state index >= 15 is 0 Å². The van der Waals surface area contributed by atoms with Crippen molar-refractivity contribution in [1.82, 2.24) is 35.3 Å². The highest BCUT2D eigenvalue weighted by Crippen LogP contribution is 2.40. The molecule has 92 heavy (non-hydrogen) atoms. The van der Waals surface area contributed by atoms with E-state index in [0.717, 1.165) is 0 Å². The third kappa shape index (κ3) is 28.6. The number of hydrogen-bond acceptors (Lipinski definition) is 26. The Hall–Kier alpha value is -4.29. The van der Waals surface area contributed by atoms with Crippen LogP contribution in [0.25, 0.3) is 0 Å². The van der Waals surface area contributed by atoms with Crippen molar-refractivity contribution in [1.29, 1.82) is 0 Å². The van der Waals surface area contributed by atoms with Gasteiger partial charge in [0.15, 0.2) is 6.29 Å². The number of hydrogen-bond donors (Lipinski definition) is 11. The zero-order valence-corrected chi connectivity index (χ0v) is 51.8. The Labute approximate surface area is 523 Å². The van der Waals surface area contributed by atoms with Crippen molar-refractivity contribution in [3.05, 3.63) is 52.9 Å². The molecule has 33 nitrogen and oxygen atoms in total. The maximum atomic E-state index is 13.8. The lowest BCUT2D eigenvalue weighted by atomic mass is 9.79. The van der Waals surface area contributed by atoms with Crippen molar-refractivity contribution in [2.24, 2.45) is 5.92 Å². The van der Waals surface area contributed by atoms with Gasteiger partial charge >= 0.3 is 21.2 Å². The summed E-state index contributed by atoms with van der Waals surface area (Å²) in [4.78, 5) is 61.6. The number of rotatable bonds is 47. The van der Waals surface area contributed by atoms with E-state index in [9.17, 15) is 81.1 Å². The molecule has 5 rings (SSSR count). The van der Waals surface area contributed by atoms with Crippen LogP contribution >= 0.6 is 15.2 Å². The predicted molar refractivity (Wildman–Crippen MR) is 299 cm³/mol. The van der Waals surface area contributed by atoms with Crippen molar-refractivity contribution >= 4 is 27.1 Å². The summed E-state index contributed by atoms with van der Waals surface area (Å²) in [5.41, 5.74) is 1.09. The van der Waals surface area contributed by atoms with E-state index in [1.54, 1.807) is 17.1 Å². The summed E-state index contributed by atoms with van der Waals surface area (Å²) in [6, 6.07) is -0.626. The standard InChI is InChI=1S/C52H82F5N7O26P2/c53-40-41(54)43(56)51(44(57)42(40)55)90-39(66)4-10-80-16-15-79-9-3-38(65)58-35(30-85-23-21-83-19-17-81-13-7-63-28-33(59-61-63)1-11-87-37-27-32(5-25-91(73,74)75)45(67)48(70)47(37)69)31-86-24-22-84-20-18-82-14-8-64-29-34(60-62-64)2-12-88-52-50(72)49(71)46(68)36(89-52)6-26-92(76,77)78/h28-29,32,35-37,45-50,52,67-72H,1-27,30-31H2,(H,58,65)(H2,73,74,75)(H2,76,77,78)/t32-,35?,36+,37-,45+,46+,47+,48-,49-,50-,52-/m0/s1. The normalized spacial score (nSPS) is 22.5. The van der Waals surface area contributed by atoms with E-state index in [0.29, 0.717) is 30.9 Å². The predicted octanol–water partition coefficient (Wildman–Crippen LogP) is -2.20. The molecule has 0 spiro atoms. The average Bonchev–Trinajstić information content (AvgIpc) is 1.16. The molecular weight excluding hydrogens is 1300 g/mol. The van der Waals surface area contributed by atoms with Crippen molar-refractivity contribution in [2.75, 3.05) is 131 Å². The summed E-state index contributed by atoms with van der Waals surface area (Å²) in [5, 5.41) is 80.7. The van der Waals surface area contributed by atoms with Crippen LogP contribution in [0.5, 0.6) is 5.75 Å². The van der Waals surface area contributed by atoms with Crippen molar-refractivity contribution in [3.8, 4) is 5.75 Å². The first-order valence-electron chi connectivity index (χ1n) is 29.3. The van der Waals surface area contributed by atoms with Crippen LogP contribution in [0.4, 0.5) is 22.0 Å². The molecular formula is C52H82F5N7O26P2. The Kier molecular flexibility index (Phi) is 34.9. The van der Waals surface area contributed by atoms with Gasteiger partial charge in [-0.05, 0) is 25.2 Å². The van der Waals surface area contributed by atoms with Crippen LogP contribution in [0.1, 0.15) is 43.5 Å². The molecule has 3 heterocycles. The Morgan fingerprint density at radius 2 is 0.989 bits per heavy atom. The van der Waals surface area contributed by atoms with E-state index in [2.05, 4.69) is 30.7 Å². The average molecular weight is 1380 g/mol. The molecule has 1 amide bonds. The van der Waals surface area contributed by atoms with Crippen molar-refractivity contribution in [3.63, 3.8) is 0 Å². The fourth-order valence-electron chi connectivity index (χ4n) is 8.93. The van der Waals surface area contributed by atoms with Gasteiger partial charge in [-0.25, -0.2) is 22.5 Å². The van der Waals surface area contributed by atoms with Crippen LogP contribution in [-0.4, -0.2) is 284 Å². The second kappa shape index (κ2) is 41.0. The molecule has 0 bridgehead atoms. The van der Waals surface area contributed by atoms with Crippen LogP contribution < -0.4 is 10.1 Å². The number of ether oxygens (including phenoxy) is 12. The lowest BCUT2D eigenvalue weighted by Crippen LogP contribution is -2.58. The third-order valence-electron chi connectivity index (χ3n) is 13.9. The molecule has 2 aromatic heterocycles. The SMILES string of the molecule is O=C(CCOCCOCCC(=O)Oc1c(F)c(F)c(F)c(F)c1F)NC(COCCOCCOCCn1cc(CCO[C@H]2O[C@H](CCP(=O)(O)O)[C@@H](O)[C@H](O)[C@@H]2O)nn1)COCCOCCOCCn1cc(CCO[C@H]2C[C@H](CCP(=O)(O)O)[C@@H](O)[C@H](O)[C@@H]2O)nn1. The number of amides is 1. The number of nitrogens with zero attached hydrogens (tertiary/aromatic N) is 6. The zero-order chi connectivity index (χ0) is 67.2. The van der Waals surface area contributed by atoms with Gasteiger partial charge in [0, 0.05) is 31.7 Å². The molecule has 1 saturated heterocycles. The Balaban J connectivity index is 0.927. The Bertz CT molecular complexity index is 2590. The lowest BCUT2D eigenvalue weighted by molar-refractivity contribution is -0.296. The molecule has 2 aliphatic rings. The summed E-state index contributed by atoms with van der Waals surface area (Å²) in [7, 11) is -8.74. The number of aliphatic hydroxyl groups excluding tert-OH is 6. The van der Waals surface area contributed by atoms with E-state index in [1.807, 2.05) is 0 Å². The number of nitrogens with one attached hydrogen (secondary N) is 1. The van der Waals surface area contributed by atoms with E-state index in [1.165, 1.54) is 4.68 Å². The number of esters is 1. The fraction of sp³-hybridized carbons (Fsp3) is 0.769. The van der Waals surface area contributed by atoms with Crippen LogP contribution in [0, 0.1) is 35.0 Å². The zero-order valence-electron chi connectivity index (χ0n) is 50.0. The van der Waals surface area contributed by atoms with Gasteiger partial charge in [-0.3, -0.25) is 18.7 Å². The number of aromatic nitrogens is 6. The first kappa shape index (κ1) is 78.4. The molecule has 1 saturated carbocycles. The van der Waals surface area contributed by atoms with Crippen LogP contribution in [0.3, 0.4) is 0 Å². The maximum absolute atomic E-state index is 13.8. The second-order valence-corrected chi connectivity index (χ2v) is 24.6. The van der Waals surface area contributed by atoms with Crippen LogP contribution in [0.15, 0.2) is 12.4 Å². The van der Waals surface area contributed by atoms with E-state index < -0.39 is 148 Å². The number of carbonyl (C=O) groups excluding carboxylic acids is 2. The van der Waals surface area contributed by atoms with Gasteiger partial charge in [-0.15, -0.1) is 10.2 Å². The first-order valence-corrected chi connectivity index (χ1v) is 32.9. The van der Waals surface area contributed by atoms with Gasteiger partial charge in [-0.2, -0.15) is 8.78 Å². The molecule has 40 heteroatoms. The second-order valence-electron chi connectivity index (χ2n) is 21.0. The molecule has 1 unspecified atom stereocenters. The summed E-state index contributed by atoms with van der Waals surface area (Å²) in [6.07, 6.45) is -10.8. The summed E-state index contributed by atoms with van der Waals surface area (Å²) in [5.74, 6) is -15.7.